The maximum atomic E-state index is 13.0. The highest BCUT2D eigenvalue weighted by atomic mass is 16.6. The van der Waals surface area contributed by atoms with E-state index in [4.69, 9.17) is 0 Å². The zero-order valence-electron chi connectivity index (χ0n) is 17.4. The topological polar surface area (TPSA) is 71.1 Å². The number of benzene rings is 2. The van der Waals surface area contributed by atoms with Gasteiger partial charge in [-0.1, -0.05) is 24.3 Å². The zero-order valence-corrected chi connectivity index (χ0v) is 17.4. The van der Waals surface area contributed by atoms with E-state index in [1.54, 1.807) is 12.1 Å². The number of nitro groups is 1. The Bertz CT molecular complexity index is 907. The number of amides is 1. The summed E-state index contributed by atoms with van der Waals surface area (Å²) in [5, 5.41) is 10.8. The molecule has 0 bridgehead atoms. The number of nitrogens with zero attached hydrogens (tertiary/aromatic N) is 3. The first-order valence-corrected chi connectivity index (χ1v) is 10.7. The van der Waals surface area contributed by atoms with Gasteiger partial charge in [-0.3, -0.25) is 14.9 Å². The van der Waals surface area contributed by atoms with Crippen LogP contribution in [-0.2, 0) is 11.2 Å². The molecule has 0 unspecified atom stereocenters. The lowest BCUT2D eigenvalue weighted by Gasteiger charge is -2.36. The van der Waals surface area contributed by atoms with E-state index in [9.17, 15) is 14.9 Å². The standard InChI is InChI=1S/C23H28N4O3/c1-24(22-8-4-6-18-5-2-3-7-21(18)22)23(28)17-25-13-15-26(16-14-25)19-9-11-20(12-10-19)27(29)30/h2-3,5,7,9-12,22H,4,6,8,13-17H2,1H3/p+1/t22-/m1/s1. The minimum absolute atomic E-state index is 0.112. The van der Waals surface area contributed by atoms with Crippen LogP contribution in [0.4, 0.5) is 11.4 Å². The smallest absolute Gasteiger partial charge is 0.278 e. The van der Waals surface area contributed by atoms with Gasteiger partial charge >= 0.3 is 0 Å². The van der Waals surface area contributed by atoms with E-state index in [0.29, 0.717) is 6.54 Å². The van der Waals surface area contributed by atoms with Gasteiger partial charge in [0.25, 0.3) is 11.6 Å². The highest BCUT2D eigenvalue weighted by molar-refractivity contribution is 5.77. The maximum Gasteiger partial charge on any atom is 0.278 e. The number of nitrogens with one attached hydrogen (secondary N) is 1. The molecule has 2 aliphatic rings. The number of quaternary nitrogens is 1. The van der Waals surface area contributed by atoms with Gasteiger partial charge in [0, 0.05) is 24.9 Å². The Kier molecular flexibility index (Phi) is 5.99. The average Bonchev–Trinajstić information content (AvgIpc) is 2.78. The number of likely N-dealkylation sites (N-methyl/N-ethyl adjacent to an activating group) is 1. The molecular weight excluding hydrogens is 380 g/mol. The van der Waals surface area contributed by atoms with Crippen molar-refractivity contribution in [3.8, 4) is 0 Å². The van der Waals surface area contributed by atoms with Crippen LogP contribution in [0, 0.1) is 10.1 Å². The minimum atomic E-state index is -0.376. The van der Waals surface area contributed by atoms with Crippen molar-refractivity contribution in [2.75, 3.05) is 44.7 Å². The van der Waals surface area contributed by atoms with Crippen LogP contribution < -0.4 is 9.80 Å². The van der Waals surface area contributed by atoms with Crippen LogP contribution in [0.3, 0.4) is 0 Å². The Balaban J connectivity index is 1.32. The van der Waals surface area contributed by atoms with Gasteiger partial charge < -0.3 is 14.7 Å². The lowest BCUT2D eigenvalue weighted by molar-refractivity contribution is -0.892. The van der Waals surface area contributed by atoms with Gasteiger partial charge in [-0.05, 0) is 42.5 Å². The zero-order chi connectivity index (χ0) is 21.1. The van der Waals surface area contributed by atoms with E-state index >= 15 is 0 Å². The van der Waals surface area contributed by atoms with Crippen molar-refractivity contribution in [3.05, 3.63) is 69.8 Å². The first kappa shape index (κ1) is 20.3. The van der Waals surface area contributed by atoms with Gasteiger partial charge in [-0.2, -0.15) is 0 Å². The molecule has 0 spiro atoms. The molecule has 7 nitrogen and oxygen atoms in total. The van der Waals surface area contributed by atoms with Gasteiger partial charge in [0.15, 0.2) is 6.54 Å². The van der Waals surface area contributed by atoms with E-state index in [2.05, 4.69) is 29.2 Å². The fourth-order valence-corrected chi connectivity index (χ4v) is 4.69. The summed E-state index contributed by atoms with van der Waals surface area (Å²) in [6.45, 7) is 3.98. The van der Waals surface area contributed by atoms with E-state index in [1.807, 2.05) is 24.1 Å². The van der Waals surface area contributed by atoms with Crippen LogP contribution in [0.1, 0.15) is 30.0 Å². The number of non-ortho nitro benzene ring substituents is 1. The van der Waals surface area contributed by atoms with Gasteiger partial charge in [-0.15, -0.1) is 0 Å². The molecule has 1 aliphatic carbocycles. The third-order valence-corrected chi connectivity index (χ3v) is 6.50. The second-order valence-electron chi connectivity index (χ2n) is 8.30. The predicted octanol–water partition coefficient (Wildman–Crippen LogP) is 1.84. The van der Waals surface area contributed by atoms with Crippen molar-refractivity contribution >= 4 is 17.3 Å². The molecule has 0 aromatic heterocycles. The van der Waals surface area contributed by atoms with Crippen LogP contribution >= 0.6 is 0 Å². The van der Waals surface area contributed by atoms with Crippen molar-refractivity contribution in [1.82, 2.24) is 4.90 Å². The summed E-state index contributed by atoms with van der Waals surface area (Å²) in [7, 11) is 1.95. The predicted molar refractivity (Wildman–Crippen MR) is 116 cm³/mol. The largest absolute Gasteiger partial charge is 0.360 e. The lowest BCUT2D eigenvalue weighted by atomic mass is 9.87. The molecule has 2 aromatic carbocycles. The third-order valence-electron chi connectivity index (χ3n) is 6.50. The molecule has 7 heteroatoms. The van der Waals surface area contributed by atoms with Gasteiger partial charge in [0.05, 0.1) is 37.1 Å². The lowest BCUT2D eigenvalue weighted by Crippen LogP contribution is -3.15. The Morgan fingerprint density at radius 3 is 2.57 bits per heavy atom. The second kappa shape index (κ2) is 8.83. The number of nitro benzene ring substituents is 1. The molecule has 4 rings (SSSR count). The molecule has 1 aliphatic heterocycles. The van der Waals surface area contributed by atoms with Crippen molar-refractivity contribution < 1.29 is 14.6 Å². The normalized spacial score (nSPS) is 19.2. The highest BCUT2D eigenvalue weighted by Crippen LogP contribution is 2.33. The highest BCUT2D eigenvalue weighted by Gasteiger charge is 2.29. The summed E-state index contributed by atoms with van der Waals surface area (Å²) in [5.41, 5.74) is 3.79. The van der Waals surface area contributed by atoms with Crippen LogP contribution in [0.15, 0.2) is 48.5 Å². The first-order valence-electron chi connectivity index (χ1n) is 10.7. The number of carbonyl (C=O) groups excluding carboxylic acids is 1. The van der Waals surface area contributed by atoms with Gasteiger partial charge in [0.2, 0.25) is 0 Å². The molecule has 0 radical (unpaired) electrons. The molecule has 1 N–H and O–H groups in total. The van der Waals surface area contributed by atoms with E-state index in [1.165, 1.54) is 16.0 Å². The van der Waals surface area contributed by atoms with Gasteiger partial charge in [0.1, 0.15) is 0 Å². The molecule has 0 saturated carbocycles. The van der Waals surface area contributed by atoms with Crippen LogP contribution in [0.25, 0.3) is 0 Å². The van der Waals surface area contributed by atoms with E-state index in [0.717, 1.165) is 51.1 Å². The number of carbonyl (C=O) groups is 1. The van der Waals surface area contributed by atoms with Crippen molar-refractivity contribution in [1.29, 1.82) is 0 Å². The molecule has 1 amide bonds. The first-order chi connectivity index (χ1) is 14.5. The van der Waals surface area contributed by atoms with Crippen molar-refractivity contribution in [2.24, 2.45) is 0 Å². The summed E-state index contributed by atoms with van der Waals surface area (Å²) in [4.78, 5) is 28.9. The molecule has 2 aromatic rings. The third kappa shape index (κ3) is 4.31. The fraction of sp³-hybridized carbons (Fsp3) is 0.435. The number of aryl methyl sites for hydroxylation is 1. The van der Waals surface area contributed by atoms with Gasteiger partial charge in [-0.25, -0.2) is 0 Å². The summed E-state index contributed by atoms with van der Waals surface area (Å²) in [6, 6.07) is 15.4. The Labute approximate surface area is 177 Å². The van der Waals surface area contributed by atoms with Crippen LogP contribution in [-0.4, -0.2) is 55.5 Å². The second-order valence-corrected chi connectivity index (χ2v) is 8.30. The Morgan fingerprint density at radius 2 is 1.87 bits per heavy atom. The van der Waals surface area contributed by atoms with Crippen molar-refractivity contribution in [2.45, 2.75) is 25.3 Å². The van der Waals surface area contributed by atoms with Crippen LogP contribution in [0.5, 0.6) is 0 Å². The number of rotatable bonds is 5. The van der Waals surface area contributed by atoms with E-state index < -0.39 is 0 Å². The molecule has 1 fully saturated rings. The number of fused-ring (bicyclic) bond motifs is 1. The quantitative estimate of drug-likeness (QED) is 0.604. The molecule has 1 heterocycles. The molecule has 158 valence electrons. The number of anilines is 1. The SMILES string of the molecule is CN(C(=O)C[NH+]1CCN(c2ccc([N+](=O)[O-])cc2)CC1)[C@@H]1CCCc2ccccc21. The van der Waals surface area contributed by atoms with E-state index in [-0.39, 0.29) is 22.6 Å². The summed E-state index contributed by atoms with van der Waals surface area (Å²) >= 11 is 0. The van der Waals surface area contributed by atoms with Crippen molar-refractivity contribution in [3.63, 3.8) is 0 Å². The maximum absolute atomic E-state index is 13.0. The summed E-state index contributed by atoms with van der Waals surface area (Å²) < 4.78 is 0. The monoisotopic (exact) mass is 409 g/mol. The minimum Gasteiger partial charge on any atom is -0.360 e. The summed E-state index contributed by atoms with van der Waals surface area (Å²) in [5.74, 6) is 0.204. The molecule has 1 saturated heterocycles. The average molecular weight is 410 g/mol. The molecule has 30 heavy (non-hydrogen) atoms. The Hall–Kier alpha value is -2.93. The van der Waals surface area contributed by atoms with Crippen LogP contribution in [0.2, 0.25) is 0 Å². The fourth-order valence-electron chi connectivity index (χ4n) is 4.69. The molecule has 1 atom stereocenters. The summed E-state index contributed by atoms with van der Waals surface area (Å²) in [6.07, 6.45) is 3.26. The number of hydrogen-bond donors (Lipinski definition) is 1. The molecular formula is C23H29N4O3+. The number of piperazine rings is 1. The Morgan fingerprint density at radius 1 is 1.17 bits per heavy atom. The number of hydrogen-bond acceptors (Lipinski definition) is 4.